The first-order valence-corrected chi connectivity index (χ1v) is 4.61. The van der Waals surface area contributed by atoms with Crippen LogP contribution in [0, 0.1) is 11.8 Å². The van der Waals surface area contributed by atoms with Gasteiger partial charge in [0.1, 0.15) is 0 Å². The second-order valence-corrected chi connectivity index (χ2v) is 3.99. The third-order valence-electron chi connectivity index (χ3n) is 2.25. The maximum atomic E-state index is 6.16. The Kier molecular flexibility index (Phi) is 5.11. The van der Waals surface area contributed by atoms with Crippen LogP contribution in [0.1, 0.15) is 27.7 Å². The largest absolute Gasteiger partial charge is 0.381 e. The zero-order chi connectivity index (χ0) is 9.02. The highest BCUT2D eigenvalue weighted by molar-refractivity contribution is 6.20. The monoisotopic (exact) mass is 178 g/mol. The molecule has 2 heteroatoms. The van der Waals surface area contributed by atoms with Crippen LogP contribution in [-0.4, -0.2) is 18.6 Å². The Morgan fingerprint density at radius 1 is 1.09 bits per heavy atom. The van der Waals surface area contributed by atoms with Crippen LogP contribution in [0.15, 0.2) is 0 Å². The van der Waals surface area contributed by atoms with E-state index in [9.17, 15) is 0 Å². The molecule has 0 amide bonds. The highest BCUT2D eigenvalue weighted by Crippen LogP contribution is 2.22. The van der Waals surface area contributed by atoms with Crippen molar-refractivity contribution < 1.29 is 4.74 Å². The van der Waals surface area contributed by atoms with Crippen LogP contribution in [-0.2, 0) is 4.74 Å². The van der Waals surface area contributed by atoms with Crippen LogP contribution >= 0.6 is 11.6 Å². The quantitative estimate of drug-likeness (QED) is 0.602. The van der Waals surface area contributed by atoms with E-state index < -0.39 is 0 Å². The van der Waals surface area contributed by atoms with Gasteiger partial charge in [0.25, 0.3) is 0 Å². The summed E-state index contributed by atoms with van der Waals surface area (Å²) in [6, 6.07) is 0. The molecule has 0 N–H and O–H groups in total. The maximum Gasteiger partial charge on any atom is 0.0582 e. The first kappa shape index (κ1) is 11.2. The summed E-state index contributed by atoms with van der Waals surface area (Å²) in [5, 5.41) is 0.213. The normalized spacial score (nSPS) is 19.9. The van der Waals surface area contributed by atoms with Crippen molar-refractivity contribution in [3.63, 3.8) is 0 Å². The Morgan fingerprint density at radius 2 is 1.55 bits per heavy atom. The molecular formula is C9H19ClO. The van der Waals surface area contributed by atoms with Crippen LogP contribution in [0.3, 0.4) is 0 Å². The lowest BCUT2D eigenvalue weighted by Gasteiger charge is -2.25. The molecule has 0 bridgehead atoms. The first-order valence-electron chi connectivity index (χ1n) is 4.17. The Balaban J connectivity index is 3.90. The van der Waals surface area contributed by atoms with Gasteiger partial charge in [-0.25, -0.2) is 0 Å². The summed E-state index contributed by atoms with van der Waals surface area (Å²) in [4.78, 5) is 0. The lowest BCUT2D eigenvalue weighted by Crippen LogP contribution is -2.28. The van der Waals surface area contributed by atoms with Gasteiger partial charge in [0.05, 0.1) is 6.10 Å². The molecule has 11 heavy (non-hydrogen) atoms. The molecule has 0 aliphatic carbocycles. The number of halogens is 1. The fourth-order valence-electron chi connectivity index (χ4n) is 1.08. The van der Waals surface area contributed by atoms with Crippen LogP contribution in [0.4, 0.5) is 0 Å². The Hall–Kier alpha value is 0.250. The molecule has 0 aromatic heterocycles. The Morgan fingerprint density at radius 3 is 1.82 bits per heavy atom. The summed E-state index contributed by atoms with van der Waals surface area (Å²) in [7, 11) is 1.73. The number of rotatable bonds is 4. The molecule has 3 atom stereocenters. The average Bonchev–Trinajstić information content (AvgIpc) is 2.00. The number of hydrogen-bond donors (Lipinski definition) is 0. The minimum absolute atomic E-state index is 0.213. The lowest BCUT2D eigenvalue weighted by molar-refractivity contribution is 0.0672. The molecule has 0 aliphatic rings. The zero-order valence-electron chi connectivity index (χ0n) is 8.10. The second-order valence-electron chi connectivity index (χ2n) is 3.49. The number of hydrogen-bond acceptors (Lipinski definition) is 1. The molecule has 0 aromatic rings. The van der Waals surface area contributed by atoms with E-state index >= 15 is 0 Å². The Labute approximate surface area is 75.1 Å². The van der Waals surface area contributed by atoms with Gasteiger partial charge in [-0.3, -0.25) is 0 Å². The van der Waals surface area contributed by atoms with Gasteiger partial charge >= 0.3 is 0 Å². The molecule has 0 spiro atoms. The van der Waals surface area contributed by atoms with E-state index in [1.807, 2.05) is 0 Å². The van der Waals surface area contributed by atoms with Crippen LogP contribution in [0.5, 0.6) is 0 Å². The van der Waals surface area contributed by atoms with E-state index in [2.05, 4.69) is 27.7 Å². The van der Waals surface area contributed by atoms with Crippen molar-refractivity contribution in [1.29, 1.82) is 0 Å². The summed E-state index contributed by atoms with van der Waals surface area (Å²) in [6.07, 6.45) is 0.250. The van der Waals surface area contributed by atoms with Gasteiger partial charge in [0.15, 0.2) is 0 Å². The van der Waals surface area contributed by atoms with Gasteiger partial charge in [0.2, 0.25) is 0 Å². The average molecular weight is 179 g/mol. The predicted octanol–water partition coefficient (Wildman–Crippen LogP) is 2.92. The fraction of sp³-hybridized carbons (Fsp3) is 1.00. The van der Waals surface area contributed by atoms with Crippen LogP contribution in [0.25, 0.3) is 0 Å². The molecule has 0 fully saturated rings. The van der Waals surface area contributed by atoms with Crippen molar-refractivity contribution in [2.24, 2.45) is 11.8 Å². The lowest BCUT2D eigenvalue weighted by atomic mass is 9.94. The second kappa shape index (κ2) is 5.00. The van der Waals surface area contributed by atoms with Gasteiger partial charge in [-0.15, -0.1) is 11.6 Å². The highest BCUT2D eigenvalue weighted by atomic mass is 35.5. The van der Waals surface area contributed by atoms with E-state index in [1.165, 1.54) is 0 Å². The Bertz CT molecular complexity index is 104. The first-order chi connectivity index (χ1) is 5.00. The van der Waals surface area contributed by atoms with Gasteiger partial charge in [-0.2, -0.15) is 0 Å². The summed E-state index contributed by atoms with van der Waals surface area (Å²) < 4.78 is 5.20. The van der Waals surface area contributed by atoms with Crippen molar-refractivity contribution in [3.05, 3.63) is 0 Å². The summed E-state index contributed by atoms with van der Waals surface area (Å²) in [6.45, 7) is 8.46. The van der Waals surface area contributed by atoms with E-state index in [4.69, 9.17) is 16.3 Å². The molecule has 0 aromatic carbocycles. The minimum Gasteiger partial charge on any atom is -0.381 e. The molecule has 68 valence electrons. The van der Waals surface area contributed by atoms with Gasteiger partial charge in [-0.1, -0.05) is 20.8 Å². The van der Waals surface area contributed by atoms with E-state index in [1.54, 1.807) is 7.11 Å². The smallest absolute Gasteiger partial charge is 0.0582 e. The van der Waals surface area contributed by atoms with Gasteiger partial charge in [0, 0.05) is 12.5 Å². The van der Waals surface area contributed by atoms with Gasteiger partial charge in [-0.05, 0) is 18.8 Å². The van der Waals surface area contributed by atoms with E-state index in [0.29, 0.717) is 11.8 Å². The van der Waals surface area contributed by atoms with Crippen LogP contribution in [0.2, 0.25) is 0 Å². The number of methoxy groups -OCH3 is 1. The predicted molar refractivity (Wildman–Crippen MR) is 50.1 cm³/mol. The molecule has 0 rings (SSSR count). The third-order valence-corrected chi connectivity index (χ3v) is 3.15. The molecule has 0 saturated carbocycles. The number of alkyl halides is 1. The van der Waals surface area contributed by atoms with Crippen molar-refractivity contribution in [2.45, 2.75) is 39.2 Å². The van der Waals surface area contributed by atoms with Crippen molar-refractivity contribution >= 4 is 11.6 Å². The molecule has 0 saturated heterocycles. The van der Waals surface area contributed by atoms with Crippen molar-refractivity contribution in [1.82, 2.24) is 0 Å². The van der Waals surface area contributed by atoms with Crippen LogP contribution < -0.4 is 0 Å². The third kappa shape index (κ3) is 3.44. The highest BCUT2D eigenvalue weighted by Gasteiger charge is 2.22. The topological polar surface area (TPSA) is 9.23 Å². The molecule has 0 aliphatic heterocycles. The maximum absolute atomic E-state index is 6.16. The van der Waals surface area contributed by atoms with Crippen molar-refractivity contribution in [2.75, 3.05) is 7.11 Å². The van der Waals surface area contributed by atoms with Gasteiger partial charge < -0.3 is 4.74 Å². The summed E-state index contributed by atoms with van der Waals surface area (Å²) in [5.74, 6) is 0.936. The number of ether oxygens (including phenoxy) is 1. The molecule has 0 heterocycles. The standard InChI is InChI=1S/C9H19ClO/c1-6(2)9(10)7(3)8(4)11-5/h6-9H,1-5H3. The molecule has 0 radical (unpaired) electrons. The van der Waals surface area contributed by atoms with Crippen molar-refractivity contribution in [3.8, 4) is 0 Å². The summed E-state index contributed by atoms with van der Waals surface area (Å²) >= 11 is 6.16. The van der Waals surface area contributed by atoms with E-state index in [-0.39, 0.29) is 11.5 Å². The minimum atomic E-state index is 0.213. The zero-order valence-corrected chi connectivity index (χ0v) is 8.85. The molecule has 1 nitrogen and oxygen atoms in total. The van der Waals surface area contributed by atoms with E-state index in [0.717, 1.165) is 0 Å². The molecular weight excluding hydrogens is 160 g/mol. The molecule has 3 unspecified atom stereocenters. The summed E-state index contributed by atoms with van der Waals surface area (Å²) in [5.41, 5.74) is 0. The SMILES string of the molecule is COC(C)C(C)C(Cl)C(C)C. The fourth-order valence-corrected chi connectivity index (χ4v) is 1.29.